The first-order valence-electron chi connectivity index (χ1n) is 5.34. The van der Waals surface area contributed by atoms with Crippen LogP contribution in [0.25, 0.3) is 0 Å². The molecule has 0 spiro atoms. The van der Waals surface area contributed by atoms with Crippen LogP contribution < -0.4 is 15.8 Å². The highest BCUT2D eigenvalue weighted by Crippen LogP contribution is 2.20. The number of sulfonamides is 1. The average Bonchev–Trinajstić information content (AvgIpc) is 2.20. The van der Waals surface area contributed by atoms with E-state index in [1.807, 2.05) is 0 Å². The summed E-state index contributed by atoms with van der Waals surface area (Å²) >= 11 is 0. The second-order valence-electron chi connectivity index (χ2n) is 4.18. The third kappa shape index (κ3) is 4.34. The van der Waals surface area contributed by atoms with Crippen LogP contribution in [0.5, 0.6) is 0 Å². The van der Waals surface area contributed by atoms with Gasteiger partial charge in [-0.05, 0) is 37.6 Å². The molecule has 4 N–H and O–H groups in total. The van der Waals surface area contributed by atoms with Gasteiger partial charge in [0.1, 0.15) is 0 Å². The van der Waals surface area contributed by atoms with Crippen LogP contribution in [0, 0.1) is 6.92 Å². The van der Waals surface area contributed by atoms with Gasteiger partial charge in [0.05, 0.1) is 18.0 Å². The minimum atomic E-state index is -3.31. The number of carbonyl (C=O) groups is 1. The molecule has 0 radical (unpaired) electrons. The Labute approximate surface area is 107 Å². The number of carbonyl (C=O) groups excluding carboxylic acids is 1. The fourth-order valence-electron chi connectivity index (χ4n) is 1.31. The smallest absolute Gasteiger partial charge is 0.240 e. The summed E-state index contributed by atoms with van der Waals surface area (Å²) in [5, 5.41) is 2.63. The number of benzene rings is 1. The molecule has 0 fully saturated rings. The summed E-state index contributed by atoms with van der Waals surface area (Å²) in [5.74, 6) is -0.293. The zero-order valence-electron chi connectivity index (χ0n) is 10.5. The Hall–Kier alpha value is -1.60. The van der Waals surface area contributed by atoms with Gasteiger partial charge in [-0.1, -0.05) is 0 Å². The minimum absolute atomic E-state index is 0.293. The SMILES string of the molecule is Cc1cc(NC(=O)C(C)N)ccc1NS(C)(=O)=O. The number of amides is 1. The highest BCUT2D eigenvalue weighted by Gasteiger charge is 2.09. The summed E-state index contributed by atoms with van der Waals surface area (Å²) in [5.41, 5.74) is 7.20. The summed E-state index contributed by atoms with van der Waals surface area (Å²) in [7, 11) is -3.31. The Kier molecular flexibility index (Phi) is 4.31. The van der Waals surface area contributed by atoms with Crippen LogP contribution >= 0.6 is 0 Å². The largest absolute Gasteiger partial charge is 0.325 e. The first kappa shape index (κ1) is 14.5. The minimum Gasteiger partial charge on any atom is -0.325 e. The van der Waals surface area contributed by atoms with Crippen molar-refractivity contribution in [1.82, 2.24) is 0 Å². The first-order valence-corrected chi connectivity index (χ1v) is 7.23. The summed E-state index contributed by atoms with van der Waals surface area (Å²) < 4.78 is 24.6. The fraction of sp³-hybridized carbons (Fsp3) is 0.364. The van der Waals surface area contributed by atoms with Gasteiger partial charge in [-0.3, -0.25) is 9.52 Å². The number of hydrogen-bond acceptors (Lipinski definition) is 4. The molecule has 0 saturated carbocycles. The summed E-state index contributed by atoms with van der Waals surface area (Å²) in [6.07, 6.45) is 1.08. The summed E-state index contributed by atoms with van der Waals surface area (Å²) in [4.78, 5) is 11.4. The van der Waals surface area contributed by atoms with Gasteiger partial charge in [0, 0.05) is 5.69 Å². The quantitative estimate of drug-likeness (QED) is 0.748. The van der Waals surface area contributed by atoms with Gasteiger partial charge in [0.25, 0.3) is 0 Å². The molecule has 1 atom stereocenters. The third-order valence-corrected chi connectivity index (χ3v) is 2.79. The van der Waals surface area contributed by atoms with E-state index < -0.39 is 16.1 Å². The number of nitrogens with one attached hydrogen (secondary N) is 2. The van der Waals surface area contributed by atoms with Gasteiger partial charge in [0.15, 0.2) is 0 Å². The Balaban J connectivity index is 2.89. The highest BCUT2D eigenvalue weighted by atomic mass is 32.2. The van der Waals surface area contributed by atoms with E-state index >= 15 is 0 Å². The van der Waals surface area contributed by atoms with Crippen molar-refractivity contribution in [2.24, 2.45) is 5.73 Å². The van der Waals surface area contributed by atoms with Gasteiger partial charge in [0.2, 0.25) is 15.9 Å². The van der Waals surface area contributed by atoms with Crippen molar-refractivity contribution in [3.8, 4) is 0 Å². The Morgan fingerprint density at radius 2 is 2.00 bits per heavy atom. The maximum Gasteiger partial charge on any atom is 0.240 e. The molecule has 0 aliphatic heterocycles. The van der Waals surface area contributed by atoms with Crippen molar-refractivity contribution < 1.29 is 13.2 Å². The molecular weight excluding hydrogens is 254 g/mol. The van der Waals surface area contributed by atoms with Crippen LogP contribution in [0.3, 0.4) is 0 Å². The second kappa shape index (κ2) is 5.36. The molecule has 0 aliphatic rings. The lowest BCUT2D eigenvalue weighted by Crippen LogP contribution is -2.32. The highest BCUT2D eigenvalue weighted by molar-refractivity contribution is 7.92. The normalized spacial score (nSPS) is 12.9. The number of anilines is 2. The molecule has 6 nitrogen and oxygen atoms in total. The topological polar surface area (TPSA) is 101 Å². The maximum atomic E-state index is 11.4. The predicted octanol–water partition coefficient (Wildman–Crippen LogP) is 0.652. The van der Waals surface area contributed by atoms with Gasteiger partial charge < -0.3 is 11.1 Å². The van der Waals surface area contributed by atoms with Crippen LogP contribution in [0.2, 0.25) is 0 Å². The molecule has 0 saturated heterocycles. The summed E-state index contributed by atoms with van der Waals surface area (Å²) in [6, 6.07) is 4.28. The lowest BCUT2D eigenvalue weighted by Gasteiger charge is -2.11. The van der Waals surface area contributed by atoms with Crippen LogP contribution in [0.1, 0.15) is 12.5 Å². The molecule has 0 aliphatic carbocycles. The molecule has 100 valence electrons. The summed E-state index contributed by atoms with van der Waals surface area (Å²) in [6.45, 7) is 3.33. The lowest BCUT2D eigenvalue weighted by molar-refractivity contribution is -0.117. The van der Waals surface area contributed by atoms with Crippen molar-refractivity contribution in [3.05, 3.63) is 23.8 Å². The van der Waals surface area contributed by atoms with E-state index in [9.17, 15) is 13.2 Å². The molecular formula is C11H17N3O3S. The van der Waals surface area contributed by atoms with E-state index in [0.29, 0.717) is 16.9 Å². The molecule has 1 rings (SSSR count). The Morgan fingerprint density at radius 3 is 2.44 bits per heavy atom. The zero-order chi connectivity index (χ0) is 13.9. The van der Waals surface area contributed by atoms with Crippen molar-refractivity contribution >= 4 is 27.3 Å². The van der Waals surface area contributed by atoms with Gasteiger partial charge in [-0.2, -0.15) is 0 Å². The predicted molar refractivity (Wildman–Crippen MR) is 71.9 cm³/mol. The molecule has 1 aromatic carbocycles. The van der Waals surface area contributed by atoms with E-state index in [4.69, 9.17) is 5.73 Å². The van der Waals surface area contributed by atoms with Gasteiger partial charge in [-0.25, -0.2) is 8.42 Å². The van der Waals surface area contributed by atoms with Crippen molar-refractivity contribution in [3.63, 3.8) is 0 Å². The Morgan fingerprint density at radius 1 is 1.39 bits per heavy atom. The molecule has 1 amide bonds. The van der Waals surface area contributed by atoms with Crippen molar-refractivity contribution in [2.75, 3.05) is 16.3 Å². The van der Waals surface area contributed by atoms with Gasteiger partial charge >= 0.3 is 0 Å². The molecule has 0 bridgehead atoms. The first-order chi connectivity index (χ1) is 8.19. The molecule has 0 heterocycles. The van der Waals surface area contributed by atoms with E-state index in [2.05, 4.69) is 10.0 Å². The van der Waals surface area contributed by atoms with E-state index in [-0.39, 0.29) is 5.91 Å². The monoisotopic (exact) mass is 271 g/mol. The van der Waals surface area contributed by atoms with Crippen molar-refractivity contribution in [2.45, 2.75) is 19.9 Å². The number of aryl methyl sites for hydroxylation is 1. The van der Waals surface area contributed by atoms with E-state index in [1.54, 1.807) is 32.0 Å². The molecule has 1 unspecified atom stereocenters. The lowest BCUT2D eigenvalue weighted by atomic mass is 10.2. The van der Waals surface area contributed by atoms with E-state index in [0.717, 1.165) is 6.26 Å². The molecule has 1 aromatic rings. The molecule has 7 heteroatoms. The number of hydrogen-bond donors (Lipinski definition) is 3. The fourth-order valence-corrected chi connectivity index (χ4v) is 1.94. The molecule has 0 aromatic heterocycles. The second-order valence-corrected chi connectivity index (χ2v) is 5.93. The van der Waals surface area contributed by atoms with Crippen LogP contribution in [-0.4, -0.2) is 26.6 Å². The van der Waals surface area contributed by atoms with E-state index in [1.165, 1.54) is 0 Å². The maximum absolute atomic E-state index is 11.4. The number of nitrogens with two attached hydrogens (primary N) is 1. The number of rotatable bonds is 4. The zero-order valence-corrected chi connectivity index (χ0v) is 11.3. The standard InChI is InChI=1S/C11H17N3O3S/c1-7-6-9(13-11(15)8(2)12)4-5-10(7)14-18(3,16)17/h4-6,8,14H,12H2,1-3H3,(H,13,15). The van der Waals surface area contributed by atoms with Gasteiger partial charge in [-0.15, -0.1) is 0 Å². The van der Waals surface area contributed by atoms with Crippen LogP contribution in [-0.2, 0) is 14.8 Å². The third-order valence-electron chi connectivity index (χ3n) is 2.20. The Bertz CT molecular complexity index is 553. The van der Waals surface area contributed by atoms with Crippen molar-refractivity contribution in [1.29, 1.82) is 0 Å². The van der Waals surface area contributed by atoms with Crippen LogP contribution in [0.15, 0.2) is 18.2 Å². The van der Waals surface area contributed by atoms with Crippen LogP contribution in [0.4, 0.5) is 11.4 Å². The average molecular weight is 271 g/mol. The molecule has 18 heavy (non-hydrogen) atoms.